The number of aromatic nitrogens is 1. The summed E-state index contributed by atoms with van der Waals surface area (Å²) in [6.07, 6.45) is 3.19. The molecule has 1 aliphatic rings. The highest BCUT2D eigenvalue weighted by Gasteiger charge is 2.22. The molecule has 2 amide bonds. The van der Waals surface area contributed by atoms with Crippen LogP contribution in [0, 0.1) is 0 Å². The quantitative estimate of drug-likeness (QED) is 0.881. The fourth-order valence-electron chi connectivity index (χ4n) is 2.88. The zero-order valence-electron chi connectivity index (χ0n) is 14.6. The minimum Gasteiger partial charge on any atom is -0.354 e. The van der Waals surface area contributed by atoms with Crippen molar-refractivity contribution in [2.75, 3.05) is 7.05 Å². The summed E-state index contributed by atoms with van der Waals surface area (Å²) in [4.78, 5) is 29.1. The van der Waals surface area contributed by atoms with Gasteiger partial charge in [-0.15, -0.1) is 0 Å². The van der Waals surface area contributed by atoms with Crippen molar-refractivity contribution in [1.82, 2.24) is 15.6 Å². The second-order valence-electron chi connectivity index (χ2n) is 6.48. The zero-order valence-corrected chi connectivity index (χ0v) is 14.6. The summed E-state index contributed by atoms with van der Waals surface area (Å²) in [5.74, 6) is -0.445. The van der Waals surface area contributed by atoms with Crippen molar-refractivity contribution in [2.45, 2.75) is 38.1 Å². The molecule has 130 valence electrons. The molecule has 1 heterocycles. The van der Waals surface area contributed by atoms with E-state index in [9.17, 15) is 9.59 Å². The van der Waals surface area contributed by atoms with Gasteiger partial charge in [-0.05, 0) is 37.0 Å². The number of benzene rings is 1. The first-order chi connectivity index (χ1) is 12.1. The molecule has 2 N–H and O–H groups in total. The summed E-state index contributed by atoms with van der Waals surface area (Å²) < 4.78 is 0. The minimum absolute atomic E-state index is 0.0129. The summed E-state index contributed by atoms with van der Waals surface area (Å²) in [6.45, 7) is 2.03. The summed E-state index contributed by atoms with van der Waals surface area (Å²) in [6, 6.07) is 13.5. The van der Waals surface area contributed by atoms with Crippen LogP contribution in [-0.2, 0) is 0 Å². The summed E-state index contributed by atoms with van der Waals surface area (Å²) in [5, 5.41) is 5.61. The van der Waals surface area contributed by atoms with Gasteiger partial charge in [-0.1, -0.05) is 37.3 Å². The van der Waals surface area contributed by atoms with E-state index in [0.29, 0.717) is 11.3 Å². The maximum absolute atomic E-state index is 12.6. The molecule has 3 rings (SSSR count). The molecule has 25 heavy (non-hydrogen) atoms. The van der Waals surface area contributed by atoms with E-state index in [4.69, 9.17) is 0 Å². The lowest BCUT2D eigenvalue weighted by Crippen LogP contribution is -2.39. The average molecular weight is 337 g/mol. The molecule has 1 unspecified atom stereocenters. The Bertz CT molecular complexity index is 770. The zero-order chi connectivity index (χ0) is 17.8. The van der Waals surface area contributed by atoms with Gasteiger partial charge in [-0.25, -0.2) is 4.98 Å². The predicted octanol–water partition coefficient (Wildman–Crippen LogP) is 2.88. The molecule has 0 bridgehead atoms. The molecule has 0 aliphatic heterocycles. The van der Waals surface area contributed by atoms with Gasteiger partial charge in [-0.3, -0.25) is 9.59 Å². The predicted molar refractivity (Wildman–Crippen MR) is 96.7 cm³/mol. The minimum atomic E-state index is -0.292. The van der Waals surface area contributed by atoms with Crippen LogP contribution in [0.2, 0.25) is 0 Å². The van der Waals surface area contributed by atoms with E-state index in [1.54, 1.807) is 19.2 Å². The van der Waals surface area contributed by atoms with Crippen LogP contribution in [0.3, 0.4) is 0 Å². The Kier molecular flexibility index (Phi) is 5.12. The van der Waals surface area contributed by atoms with Crippen molar-refractivity contribution in [2.24, 2.45) is 0 Å². The van der Waals surface area contributed by atoms with Gasteiger partial charge in [0.25, 0.3) is 11.8 Å². The Morgan fingerprint density at radius 3 is 2.44 bits per heavy atom. The lowest BCUT2D eigenvalue weighted by molar-refractivity contribution is 0.0916. The highest BCUT2D eigenvalue weighted by Crippen LogP contribution is 2.24. The van der Waals surface area contributed by atoms with Crippen LogP contribution in [0.15, 0.2) is 42.5 Å². The van der Waals surface area contributed by atoms with Crippen LogP contribution >= 0.6 is 0 Å². The lowest BCUT2D eigenvalue weighted by atomic mass is 9.92. The van der Waals surface area contributed by atoms with Gasteiger partial charge < -0.3 is 10.6 Å². The molecule has 5 nitrogen and oxygen atoms in total. The number of nitrogens with one attached hydrogen (secondary N) is 2. The Labute approximate surface area is 147 Å². The standard InChI is InChI=1S/C20H23N3O2/c1-13(14-7-4-3-5-8-14)17-11-15(12-18(23-17)20(25)21-2)19(24)22-16-9-6-10-16/h3-5,7-8,11-13,16H,6,9-10H2,1-2H3,(H,21,25)(H,22,24). The number of nitrogens with zero attached hydrogens (tertiary/aromatic N) is 1. The second kappa shape index (κ2) is 7.47. The third-order valence-electron chi connectivity index (χ3n) is 4.75. The largest absolute Gasteiger partial charge is 0.354 e. The highest BCUT2D eigenvalue weighted by atomic mass is 16.2. The monoisotopic (exact) mass is 337 g/mol. The van der Waals surface area contributed by atoms with Crippen LogP contribution < -0.4 is 10.6 Å². The van der Waals surface area contributed by atoms with Gasteiger partial charge in [0.15, 0.2) is 0 Å². The fourth-order valence-corrected chi connectivity index (χ4v) is 2.88. The number of carbonyl (C=O) groups is 2. The molecule has 5 heteroatoms. The first-order valence-corrected chi connectivity index (χ1v) is 8.68. The van der Waals surface area contributed by atoms with Gasteiger partial charge >= 0.3 is 0 Å². The van der Waals surface area contributed by atoms with Crippen molar-refractivity contribution in [3.63, 3.8) is 0 Å². The highest BCUT2D eigenvalue weighted by molar-refractivity contribution is 5.98. The van der Waals surface area contributed by atoms with Gasteiger partial charge in [0.2, 0.25) is 0 Å². The van der Waals surface area contributed by atoms with E-state index < -0.39 is 0 Å². The summed E-state index contributed by atoms with van der Waals surface area (Å²) >= 11 is 0. The first kappa shape index (κ1) is 17.1. The maximum atomic E-state index is 12.6. The maximum Gasteiger partial charge on any atom is 0.269 e. The van der Waals surface area contributed by atoms with E-state index in [1.807, 2.05) is 37.3 Å². The number of hydrogen-bond donors (Lipinski definition) is 2. The van der Waals surface area contributed by atoms with Gasteiger partial charge in [-0.2, -0.15) is 0 Å². The molecule has 0 saturated heterocycles. The Morgan fingerprint density at radius 1 is 1.12 bits per heavy atom. The normalized spacial score (nSPS) is 15.1. The van der Waals surface area contributed by atoms with Crippen molar-refractivity contribution in [3.05, 3.63) is 65.0 Å². The van der Waals surface area contributed by atoms with Crippen molar-refractivity contribution in [1.29, 1.82) is 0 Å². The average Bonchev–Trinajstić information content (AvgIpc) is 2.63. The number of pyridine rings is 1. The molecule has 0 radical (unpaired) electrons. The van der Waals surface area contributed by atoms with Gasteiger partial charge in [0.05, 0.1) is 0 Å². The van der Waals surface area contributed by atoms with E-state index >= 15 is 0 Å². The van der Waals surface area contributed by atoms with Crippen molar-refractivity contribution < 1.29 is 9.59 Å². The van der Waals surface area contributed by atoms with Crippen molar-refractivity contribution in [3.8, 4) is 0 Å². The van der Waals surface area contributed by atoms with Gasteiger partial charge in [0, 0.05) is 30.3 Å². The summed E-state index contributed by atoms with van der Waals surface area (Å²) in [5.41, 5.74) is 2.56. The third-order valence-corrected chi connectivity index (χ3v) is 4.75. The van der Waals surface area contributed by atoms with E-state index in [1.165, 1.54) is 0 Å². The van der Waals surface area contributed by atoms with Crippen LogP contribution in [0.25, 0.3) is 0 Å². The third kappa shape index (κ3) is 3.87. The molecule has 1 fully saturated rings. The molecule has 0 spiro atoms. The Hall–Kier alpha value is -2.69. The molecule has 1 aromatic heterocycles. The first-order valence-electron chi connectivity index (χ1n) is 8.68. The molecule has 1 saturated carbocycles. The van der Waals surface area contributed by atoms with Crippen LogP contribution in [-0.4, -0.2) is 29.9 Å². The molecule has 1 aromatic carbocycles. The smallest absolute Gasteiger partial charge is 0.269 e. The van der Waals surface area contributed by atoms with Crippen LogP contribution in [0.1, 0.15) is 64.2 Å². The number of carbonyl (C=O) groups excluding carboxylic acids is 2. The van der Waals surface area contributed by atoms with E-state index in [0.717, 1.165) is 24.8 Å². The lowest BCUT2D eigenvalue weighted by Gasteiger charge is -2.26. The number of rotatable bonds is 5. The molecule has 1 atom stereocenters. The Morgan fingerprint density at radius 2 is 1.84 bits per heavy atom. The Balaban J connectivity index is 1.94. The van der Waals surface area contributed by atoms with E-state index in [2.05, 4.69) is 15.6 Å². The van der Waals surface area contributed by atoms with Crippen LogP contribution in [0.4, 0.5) is 0 Å². The number of hydrogen-bond acceptors (Lipinski definition) is 3. The fraction of sp³-hybridized carbons (Fsp3) is 0.350. The molecule has 2 aromatic rings. The number of amides is 2. The molecular formula is C20H23N3O2. The van der Waals surface area contributed by atoms with Gasteiger partial charge in [0.1, 0.15) is 5.69 Å². The second-order valence-corrected chi connectivity index (χ2v) is 6.48. The van der Waals surface area contributed by atoms with Crippen molar-refractivity contribution >= 4 is 11.8 Å². The molecular weight excluding hydrogens is 314 g/mol. The van der Waals surface area contributed by atoms with E-state index in [-0.39, 0.29) is 29.5 Å². The topological polar surface area (TPSA) is 71.1 Å². The molecule has 1 aliphatic carbocycles. The van der Waals surface area contributed by atoms with Crippen LogP contribution in [0.5, 0.6) is 0 Å². The summed E-state index contributed by atoms with van der Waals surface area (Å²) in [7, 11) is 1.56. The SMILES string of the molecule is CNC(=O)c1cc(C(=O)NC2CCC2)cc(C(C)c2ccccc2)n1.